The van der Waals surface area contributed by atoms with Gasteiger partial charge in [-0.2, -0.15) is 0 Å². The van der Waals surface area contributed by atoms with Crippen LogP contribution in [0.3, 0.4) is 0 Å². The number of halogens is 2. The molecule has 3 aliphatic rings. The first-order valence-corrected chi connectivity index (χ1v) is 9.79. The molecule has 5 heteroatoms. The molecule has 0 bridgehead atoms. The van der Waals surface area contributed by atoms with Gasteiger partial charge in [-0.05, 0) is 60.2 Å². The lowest BCUT2D eigenvalue weighted by Crippen LogP contribution is -2.41. The van der Waals surface area contributed by atoms with Crippen molar-refractivity contribution in [2.24, 2.45) is 5.92 Å². The number of hydrogen-bond donors (Lipinski definition) is 2. The Bertz CT molecular complexity index is 836. The van der Waals surface area contributed by atoms with Crippen LogP contribution < -0.4 is 15.5 Å². The summed E-state index contributed by atoms with van der Waals surface area (Å²) in [5, 5.41) is 8.42. The van der Waals surface area contributed by atoms with E-state index in [-0.39, 0.29) is 0 Å². The van der Waals surface area contributed by atoms with Gasteiger partial charge >= 0.3 is 0 Å². The summed E-state index contributed by atoms with van der Waals surface area (Å²) in [5.74, 6) is 1.36. The van der Waals surface area contributed by atoms with Crippen LogP contribution in [0.4, 0.5) is 17.1 Å². The van der Waals surface area contributed by atoms with Crippen LogP contribution in [0.5, 0.6) is 0 Å². The summed E-state index contributed by atoms with van der Waals surface area (Å²) < 4.78 is 0. The molecule has 2 aromatic rings. The third-order valence-electron chi connectivity index (χ3n) is 5.81. The number of anilines is 3. The van der Waals surface area contributed by atoms with E-state index in [1.807, 2.05) is 12.1 Å². The van der Waals surface area contributed by atoms with E-state index >= 15 is 0 Å². The van der Waals surface area contributed by atoms with Crippen molar-refractivity contribution in [1.82, 2.24) is 5.32 Å². The Morgan fingerprint density at radius 1 is 1.12 bits per heavy atom. The Labute approximate surface area is 158 Å². The fourth-order valence-corrected chi connectivity index (χ4v) is 5.18. The lowest BCUT2D eigenvalue weighted by molar-refractivity contribution is 0.470. The first-order valence-electron chi connectivity index (χ1n) is 9.03. The quantitative estimate of drug-likeness (QED) is 0.790. The zero-order valence-electron chi connectivity index (χ0n) is 14.0. The summed E-state index contributed by atoms with van der Waals surface area (Å²) in [7, 11) is 0. The minimum Gasteiger partial charge on any atom is -0.371 e. The van der Waals surface area contributed by atoms with Gasteiger partial charge in [-0.1, -0.05) is 23.2 Å². The van der Waals surface area contributed by atoms with E-state index < -0.39 is 0 Å². The van der Waals surface area contributed by atoms with Crippen molar-refractivity contribution >= 4 is 40.3 Å². The fourth-order valence-electron chi connectivity index (χ4n) is 4.72. The molecule has 0 amide bonds. The molecule has 2 atom stereocenters. The van der Waals surface area contributed by atoms with Gasteiger partial charge in [-0.15, -0.1) is 0 Å². The molecule has 25 heavy (non-hydrogen) atoms. The molecule has 3 nitrogen and oxygen atoms in total. The molecule has 2 aromatic carbocycles. The van der Waals surface area contributed by atoms with Crippen molar-refractivity contribution in [2.45, 2.75) is 18.8 Å². The first-order chi connectivity index (χ1) is 12.2. The van der Waals surface area contributed by atoms with Crippen LogP contribution in [-0.4, -0.2) is 26.2 Å². The van der Waals surface area contributed by atoms with Crippen LogP contribution in [0, 0.1) is 5.92 Å². The second-order valence-corrected chi connectivity index (χ2v) is 8.24. The maximum atomic E-state index is 6.35. The lowest BCUT2D eigenvalue weighted by atomic mass is 9.80. The third-order valence-corrected chi connectivity index (χ3v) is 6.36. The first kappa shape index (κ1) is 15.8. The topological polar surface area (TPSA) is 27.3 Å². The molecule has 0 saturated carbocycles. The van der Waals surface area contributed by atoms with Gasteiger partial charge in [-0.3, -0.25) is 0 Å². The Hall–Kier alpha value is -1.42. The summed E-state index contributed by atoms with van der Waals surface area (Å²) in [6.07, 6.45) is 2.40. The zero-order chi connectivity index (χ0) is 17.0. The highest BCUT2D eigenvalue weighted by molar-refractivity contribution is 6.36. The standard InChI is InChI=1S/C20H21Cl2N3/c21-14-3-4-19(18(22)7-14)24-15-6-12-2-1-5-25-11-13-9-23-10-17(13)16(8-15)20(12)25/h3-4,6-8,13,17,23-24H,1-2,5,9-11H2/t13-,17+/m1/s1. The Balaban J connectivity index is 1.57. The molecule has 3 aliphatic heterocycles. The summed E-state index contributed by atoms with van der Waals surface area (Å²) in [4.78, 5) is 2.61. The van der Waals surface area contributed by atoms with E-state index in [1.165, 1.54) is 36.3 Å². The minimum atomic E-state index is 0.630. The lowest BCUT2D eigenvalue weighted by Gasteiger charge is -2.42. The average Bonchev–Trinajstić information content (AvgIpc) is 3.06. The molecule has 3 heterocycles. The van der Waals surface area contributed by atoms with E-state index in [0.29, 0.717) is 16.0 Å². The van der Waals surface area contributed by atoms with Crippen LogP contribution in [0.25, 0.3) is 0 Å². The smallest absolute Gasteiger partial charge is 0.0655 e. The molecule has 0 unspecified atom stereocenters. The second-order valence-electron chi connectivity index (χ2n) is 7.40. The molecule has 2 N–H and O–H groups in total. The van der Waals surface area contributed by atoms with E-state index in [2.05, 4.69) is 27.7 Å². The molecule has 1 saturated heterocycles. The van der Waals surface area contributed by atoms with E-state index in [1.54, 1.807) is 6.07 Å². The Kier molecular flexibility index (Phi) is 3.85. The van der Waals surface area contributed by atoms with Gasteiger partial charge in [0.05, 0.1) is 10.7 Å². The maximum Gasteiger partial charge on any atom is 0.0655 e. The van der Waals surface area contributed by atoms with Crippen molar-refractivity contribution < 1.29 is 0 Å². The normalized spacial score (nSPS) is 24.0. The van der Waals surface area contributed by atoms with Crippen LogP contribution in [0.2, 0.25) is 10.0 Å². The molecule has 1 fully saturated rings. The van der Waals surface area contributed by atoms with Gasteiger partial charge in [0.1, 0.15) is 0 Å². The predicted molar refractivity (Wildman–Crippen MR) is 106 cm³/mol. The number of hydrogen-bond acceptors (Lipinski definition) is 3. The number of aryl methyl sites for hydroxylation is 1. The number of benzene rings is 2. The molecular formula is C20H21Cl2N3. The second kappa shape index (κ2) is 6.08. The van der Waals surface area contributed by atoms with Gasteiger partial charge in [-0.25, -0.2) is 0 Å². The van der Waals surface area contributed by atoms with Gasteiger partial charge < -0.3 is 15.5 Å². The van der Waals surface area contributed by atoms with Gasteiger partial charge in [0.2, 0.25) is 0 Å². The third kappa shape index (κ3) is 2.69. The highest BCUT2D eigenvalue weighted by atomic mass is 35.5. The highest BCUT2D eigenvalue weighted by Crippen LogP contribution is 2.46. The fraction of sp³-hybridized carbons (Fsp3) is 0.400. The van der Waals surface area contributed by atoms with Crippen LogP contribution in [0.1, 0.15) is 23.5 Å². The number of nitrogens with one attached hydrogen (secondary N) is 2. The Morgan fingerprint density at radius 3 is 2.92 bits per heavy atom. The number of fused-ring (bicyclic) bond motifs is 2. The molecular weight excluding hydrogens is 353 g/mol. The van der Waals surface area contributed by atoms with Crippen LogP contribution >= 0.6 is 23.2 Å². The summed E-state index contributed by atoms with van der Waals surface area (Å²) in [5.41, 5.74) is 6.52. The highest BCUT2D eigenvalue weighted by Gasteiger charge is 2.38. The predicted octanol–water partition coefficient (Wildman–Crippen LogP) is 4.81. The number of nitrogens with zero attached hydrogens (tertiary/aromatic N) is 1. The molecule has 0 aliphatic carbocycles. The minimum absolute atomic E-state index is 0.630. The van der Waals surface area contributed by atoms with E-state index in [9.17, 15) is 0 Å². The molecule has 130 valence electrons. The van der Waals surface area contributed by atoms with Crippen molar-refractivity contribution in [3.63, 3.8) is 0 Å². The van der Waals surface area contributed by atoms with Gasteiger partial charge in [0.25, 0.3) is 0 Å². The van der Waals surface area contributed by atoms with Crippen LogP contribution in [0.15, 0.2) is 30.3 Å². The SMILES string of the molecule is Clc1ccc(Nc2cc3c4c(c2)[C@H]2CNC[C@@H]2CN4CCC3)c(Cl)c1. The van der Waals surface area contributed by atoms with Crippen molar-refractivity contribution in [3.05, 3.63) is 51.5 Å². The van der Waals surface area contributed by atoms with Crippen molar-refractivity contribution in [1.29, 1.82) is 0 Å². The van der Waals surface area contributed by atoms with Crippen molar-refractivity contribution in [2.75, 3.05) is 36.4 Å². The largest absolute Gasteiger partial charge is 0.371 e. The van der Waals surface area contributed by atoms with Crippen molar-refractivity contribution in [3.8, 4) is 0 Å². The van der Waals surface area contributed by atoms with E-state index in [0.717, 1.165) is 36.8 Å². The monoisotopic (exact) mass is 373 g/mol. The van der Waals surface area contributed by atoms with Gasteiger partial charge in [0.15, 0.2) is 0 Å². The molecule has 5 rings (SSSR count). The molecule has 0 spiro atoms. The molecule has 0 aromatic heterocycles. The Morgan fingerprint density at radius 2 is 2.04 bits per heavy atom. The van der Waals surface area contributed by atoms with Gasteiger partial charge in [0, 0.05) is 48.5 Å². The summed E-state index contributed by atoms with van der Waals surface area (Å²) >= 11 is 12.4. The van der Waals surface area contributed by atoms with Crippen LogP contribution in [-0.2, 0) is 6.42 Å². The maximum absolute atomic E-state index is 6.35. The number of rotatable bonds is 2. The van der Waals surface area contributed by atoms with E-state index in [4.69, 9.17) is 23.2 Å². The summed E-state index contributed by atoms with van der Waals surface area (Å²) in [6.45, 7) is 4.62. The average molecular weight is 374 g/mol. The molecule has 0 radical (unpaired) electrons. The summed E-state index contributed by atoms with van der Waals surface area (Å²) in [6, 6.07) is 10.2. The zero-order valence-corrected chi connectivity index (χ0v) is 15.5.